The van der Waals surface area contributed by atoms with Gasteiger partial charge in [-0.3, -0.25) is 9.59 Å². The number of nitrogens with one attached hydrogen (secondary N) is 1. The first-order valence-corrected chi connectivity index (χ1v) is 8.08. The van der Waals surface area contributed by atoms with Crippen LogP contribution in [0, 0.1) is 0 Å². The topological polar surface area (TPSA) is 49.4 Å². The fourth-order valence-electron chi connectivity index (χ4n) is 2.07. The van der Waals surface area contributed by atoms with Crippen LogP contribution in [0.1, 0.15) is 32.8 Å². The Labute approximate surface area is 141 Å². The maximum absolute atomic E-state index is 11.9. The van der Waals surface area contributed by atoms with Crippen molar-refractivity contribution in [3.8, 4) is 0 Å². The fraction of sp³-hybridized carbons (Fsp3) is 0.500. The van der Waals surface area contributed by atoms with E-state index in [1.54, 1.807) is 17.0 Å². The van der Waals surface area contributed by atoms with Gasteiger partial charge in [-0.05, 0) is 37.5 Å². The maximum atomic E-state index is 11.9. The first-order valence-electron chi connectivity index (χ1n) is 7.33. The summed E-state index contributed by atoms with van der Waals surface area (Å²) in [6, 6.07) is 5.35. The van der Waals surface area contributed by atoms with Gasteiger partial charge in [-0.15, -0.1) is 0 Å². The van der Waals surface area contributed by atoms with Gasteiger partial charge in [-0.1, -0.05) is 36.2 Å². The summed E-state index contributed by atoms with van der Waals surface area (Å²) in [6.07, 6.45) is 1.43. The van der Waals surface area contributed by atoms with Crippen molar-refractivity contribution in [2.45, 2.75) is 39.7 Å². The summed E-state index contributed by atoms with van der Waals surface area (Å²) in [5, 5.41) is 3.99. The average molecular weight is 345 g/mol. The molecule has 0 radical (unpaired) electrons. The monoisotopic (exact) mass is 344 g/mol. The van der Waals surface area contributed by atoms with Crippen molar-refractivity contribution in [2.75, 3.05) is 13.1 Å². The minimum Gasteiger partial charge on any atom is -0.354 e. The van der Waals surface area contributed by atoms with Crippen LogP contribution in [-0.4, -0.2) is 35.8 Å². The molecule has 0 saturated heterocycles. The molecule has 0 aromatic heterocycles. The lowest BCUT2D eigenvalue weighted by Crippen LogP contribution is -2.44. The van der Waals surface area contributed by atoms with Gasteiger partial charge in [0.1, 0.15) is 0 Å². The highest BCUT2D eigenvalue weighted by Crippen LogP contribution is 2.21. The minimum atomic E-state index is -0.166. The number of amides is 2. The van der Waals surface area contributed by atoms with Crippen LogP contribution in [-0.2, 0) is 16.0 Å². The van der Waals surface area contributed by atoms with E-state index >= 15 is 0 Å². The van der Waals surface area contributed by atoms with Gasteiger partial charge in [0, 0.05) is 29.6 Å². The van der Waals surface area contributed by atoms with Crippen molar-refractivity contribution in [3.05, 3.63) is 33.8 Å². The lowest BCUT2D eigenvalue weighted by molar-refractivity contribution is -0.136. The smallest absolute Gasteiger partial charge is 0.239 e. The molecular formula is C16H22Cl2N2O2. The normalized spacial score (nSPS) is 11.9. The third-order valence-electron chi connectivity index (χ3n) is 3.57. The molecule has 122 valence electrons. The Morgan fingerprint density at radius 1 is 1.32 bits per heavy atom. The maximum Gasteiger partial charge on any atom is 0.239 e. The van der Waals surface area contributed by atoms with Crippen LogP contribution in [0.5, 0.6) is 0 Å². The van der Waals surface area contributed by atoms with Crippen molar-refractivity contribution in [1.82, 2.24) is 10.2 Å². The summed E-state index contributed by atoms with van der Waals surface area (Å²) in [5.74, 6) is -0.258. The number of carbonyl (C=O) groups is 2. The Kier molecular flexibility index (Phi) is 7.69. The number of nitrogens with zero attached hydrogens (tertiary/aromatic N) is 1. The Morgan fingerprint density at radius 3 is 2.55 bits per heavy atom. The first kappa shape index (κ1) is 18.8. The Balaban J connectivity index is 2.47. The first-order chi connectivity index (χ1) is 10.3. The number of hydrogen-bond donors (Lipinski definition) is 1. The van der Waals surface area contributed by atoms with E-state index in [4.69, 9.17) is 23.2 Å². The molecule has 6 heteroatoms. The largest absolute Gasteiger partial charge is 0.354 e. The van der Waals surface area contributed by atoms with Crippen molar-refractivity contribution < 1.29 is 9.59 Å². The zero-order chi connectivity index (χ0) is 16.7. The van der Waals surface area contributed by atoms with Crippen LogP contribution in [0.25, 0.3) is 0 Å². The second-order valence-electron chi connectivity index (χ2n) is 5.24. The van der Waals surface area contributed by atoms with E-state index in [1.165, 1.54) is 6.92 Å². The third kappa shape index (κ3) is 5.85. The van der Waals surface area contributed by atoms with E-state index in [0.29, 0.717) is 23.0 Å². The fourth-order valence-corrected chi connectivity index (χ4v) is 2.57. The lowest BCUT2D eigenvalue weighted by Gasteiger charge is -2.26. The molecule has 2 amide bonds. The molecule has 1 N–H and O–H groups in total. The summed E-state index contributed by atoms with van der Waals surface area (Å²) in [6.45, 7) is 5.95. The highest BCUT2D eigenvalue weighted by atomic mass is 35.5. The molecule has 0 aliphatic rings. The number of carbonyl (C=O) groups excluding carboxylic acids is 2. The minimum absolute atomic E-state index is 0.0500. The Hall–Kier alpha value is -1.26. The summed E-state index contributed by atoms with van der Waals surface area (Å²) in [5.41, 5.74) is 0.928. The van der Waals surface area contributed by atoms with Gasteiger partial charge < -0.3 is 10.2 Å². The Bertz CT molecular complexity index is 535. The summed E-state index contributed by atoms with van der Waals surface area (Å²) in [7, 11) is 0. The molecule has 0 aliphatic heterocycles. The molecule has 0 aliphatic carbocycles. The van der Waals surface area contributed by atoms with Crippen molar-refractivity contribution in [3.63, 3.8) is 0 Å². The zero-order valence-electron chi connectivity index (χ0n) is 13.2. The predicted octanol–water partition coefficient (Wildman–Crippen LogP) is 3.30. The molecule has 1 rings (SSSR count). The van der Waals surface area contributed by atoms with Crippen LogP contribution in [0.3, 0.4) is 0 Å². The summed E-state index contributed by atoms with van der Waals surface area (Å²) < 4.78 is 0. The van der Waals surface area contributed by atoms with Crippen LogP contribution < -0.4 is 5.32 Å². The van der Waals surface area contributed by atoms with Crippen LogP contribution in [0.2, 0.25) is 10.0 Å². The predicted molar refractivity (Wildman–Crippen MR) is 90.3 cm³/mol. The standard InChI is InChI=1S/C16H22Cl2N2O2/c1-4-11(2)20(12(3)21)10-16(22)19-8-7-13-5-6-14(17)9-15(13)18/h5-6,9,11H,4,7-8,10H2,1-3H3,(H,19,22). The van der Waals surface area contributed by atoms with Gasteiger partial charge in [-0.25, -0.2) is 0 Å². The van der Waals surface area contributed by atoms with E-state index in [2.05, 4.69) is 5.32 Å². The van der Waals surface area contributed by atoms with Crippen molar-refractivity contribution >= 4 is 35.0 Å². The molecule has 22 heavy (non-hydrogen) atoms. The van der Waals surface area contributed by atoms with Gasteiger partial charge in [0.15, 0.2) is 0 Å². The summed E-state index contributed by atoms with van der Waals surface area (Å²) in [4.78, 5) is 25.1. The van der Waals surface area contributed by atoms with Crippen LogP contribution in [0.4, 0.5) is 0 Å². The van der Waals surface area contributed by atoms with E-state index in [9.17, 15) is 9.59 Å². The van der Waals surface area contributed by atoms with Gasteiger partial charge in [0.05, 0.1) is 6.54 Å². The van der Waals surface area contributed by atoms with Crippen molar-refractivity contribution in [1.29, 1.82) is 0 Å². The second-order valence-corrected chi connectivity index (χ2v) is 6.08. The molecule has 0 fully saturated rings. The summed E-state index contributed by atoms with van der Waals surface area (Å²) >= 11 is 11.9. The van der Waals surface area contributed by atoms with Gasteiger partial charge >= 0.3 is 0 Å². The molecule has 4 nitrogen and oxygen atoms in total. The van der Waals surface area contributed by atoms with Crippen LogP contribution in [0.15, 0.2) is 18.2 Å². The molecule has 1 atom stereocenters. The van der Waals surface area contributed by atoms with Gasteiger partial charge in [-0.2, -0.15) is 0 Å². The number of rotatable bonds is 7. The van der Waals surface area contributed by atoms with E-state index < -0.39 is 0 Å². The van der Waals surface area contributed by atoms with Gasteiger partial charge in [0.25, 0.3) is 0 Å². The highest BCUT2D eigenvalue weighted by molar-refractivity contribution is 6.35. The molecule has 0 heterocycles. The molecular weight excluding hydrogens is 323 g/mol. The third-order valence-corrected chi connectivity index (χ3v) is 4.16. The molecule has 0 saturated carbocycles. The Morgan fingerprint density at radius 2 is 2.00 bits per heavy atom. The molecule has 1 aromatic rings. The average Bonchev–Trinajstić information content (AvgIpc) is 2.46. The molecule has 0 spiro atoms. The molecule has 1 aromatic carbocycles. The number of halogens is 2. The van der Waals surface area contributed by atoms with Crippen LogP contribution >= 0.6 is 23.2 Å². The number of hydrogen-bond acceptors (Lipinski definition) is 2. The quantitative estimate of drug-likeness (QED) is 0.824. The highest BCUT2D eigenvalue weighted by Gasteiger charge is 2.18. The second kappa shape index (κ2) is 9.01. The lowest BCUT2D eigenvalue weighted by atomic mass is 10.1. The molecule has 0 bridgehead atoms. The SMILES string of the molecule is CCC(C)N(CC(=O)NCCc1ccc(Cl)cc1Cl)C(C)=O. The van der Waals surface area contributed by atoms with Gasteiger partial charge in [0.2, 0.25) is 11.8 Å². The number of benzene rings is 1. The van der Waals surface area contributed by atoms with E-state index in [0.717, 1.165) is 12.0 Å². The zero-order valence-corrected chi connectivity index (χ0v) is 14.7. The van der Waals surface area contributed by atoms with E-state index in [1.807, 2.05) is 19.9 Å². The van der Waals surface area contributed by atoms with E-state index in [-0.39, 0.29) is 24.4 Å². The van der Waals surface area contributed by atoms with Crippen molar-refractivity contribution in [2.24, 2.45) is 0 Å². The molecule has 1 unspecified atom stereocenters.